The fourth-order valence-electron chi connectivity index (χ4n) is 5.76. The molecule has 0 aliphatic carbocycles. The minimum absolute atomic E-state index is 0.0380. The third-order valence-electron chi connectivity index (χ3n) is 8.58. The van der Waals surface area contributed by atoms with Crippen LogP contribution in [0.5, 0.6) is 0 Å². The molecule has 5 nitrogen and oxygen atoms in total. The van der Waals surface area contributed by atoms with E-state index in [0.29, 0.717) is 55.6 Å². The summed E-state index contributed by atoms with van der Waals surface area (Å²) in [6.07, 6.45) is 2.53. The molecule has 0 amide bonds. The number of halogens is 1. The molecule has 0 N–H and O–H groups in total. The fraction of sp³-hybridized carbons (Fsp3) is 0.477. The van der Waals surface area contributed by atoms with Gasteiger partial charge in [-0.05, 0) is 22.6 Å². The number of aryl methyl sites for hydroxylation is 1. The number of hydrogen-bond acceptors (Lipinski definition) is 4. The average Bonchev–Trinajstić information content (AvgIpc) is 3.17. The number of benzene rings is 3. The van der Waals surface area contributed by atoms with Crippen molar-refractivity contribution in [2.24, 2.45) is 5.41 Å². The van der Waals surface area contributed by atoms with Gasteiger partial charge in [-0.25, -0.2) is 9.37 Å². The highest BCUT2D eigenvalue weighted by Crippen LogP contribution is 2.29. The molecular formula is C44H64FN3O2. The summed E-state index contributed by atoms with van der Waals surface area (Å²) in [6, 6.07) is 24.7. The van der Waals surface area contributed by atoms with E-state index in [9.17, 15) is 9.59 Å². The molecule has 3 aromatic carbocycles. The van der Waals surface area contributed by atoms with Crippen LogP contribution in [0.15, 0.2) is 83.7 Å². The summed E-state index contributed by atoms with van der Waals surface area (Å²) in [6.45, 7) is 25.6. The van der Waals surface area contributed by atoms with Crippen molar-refractivity contribution in [1.29, 1.82) is 0 Å². The van der Waals surface area contributed by atoms with Crippen LogP contribution in [0.25, 0.3) is 0 Å². The fourth-order valence-corrected chi connectivity index (χ4v) is 5.76. The summed E-state index contributed by atoms with van der Waals surface area (Å²) in [5.74, 6) is 0.345. The van der Waals surface area contributed by atoms with E-state index in [4.69, 9.17) is 4.98 Å². The molecule has 0 fully saturated rings. The van der Waals surface area contributed by atoms with Gasteiger partial charge in [0.2, 0.25) is 0 Å². The van der Waals surface area contributed by atoms with E-state index in [1.165, 1.54) is 6.07 Å². The summed E-state index contributed by atoms with van der Waals surface area (Å²) >= 11 is 0. The van der Waals surface area contributed by atoms with E-state index >= 15 is 4.39 Å². The first-order chi connectivity index (χ1) is 24.2. The van der Waals surface area contributed by atoms with Gasteiger partial charge < -0.3 is 0 Å². The van der Waals surface area contributed by atoms with Gasteiger partial charge in [-0.3, -0.25) is 19.1 Å². The molecule has 5 rings (SSSR count). The molecule has 0 atom stereocenters. The monoisotopic (exact) mass is 685 g/mol. The number of Topliss-reactive ketones (excluding diaryl/α,β-unsaturated/α-hetero) is 1. The summed E-state index contributed by atoms with van der Waals surface area (Å²) in [5, 5.41) is 0. The van der Waals surface area contributed by atoms with Crippen molar-refractivity contribution in [3.63, 3.8) is 0 Å². The Morgan fingerprint density at radius 1 is 0.840 bits per heavy atom. The average molecular weight is 686 g/mol. The number of carbonyl (C=O) groups is 1. The lowest BCUT2D eigenvalue weighted by molar-refractivity contribution is 0.0928. The SMILES string of the molecule is CC.CC.CC.CC.CCc1nc2c(c(=O)n1C(c1ccccc1)c1ccccc1)CN(Cc1ccc(C(=O)CC(C)(C)CC)cc1F)CC2. The van der Waals surface area contributed by atoms with Crippen molar-refractivity contribution in [3.05, 3.63) is 134 Å². The Hall–Kier alpha value is -3.90. The van der Waals surface area contributed by atoms with Gasteiger partial charge >= 0.3 is 0 Å². The maximum Gasteiger partial charge on any atom is 0.259 e. The second-order valence-corrected chi connectivity index (χ2v) is 12.1. The van der Waals surface area contributed by atoms with Crippen molar-refractivity contribution in [1.82, 2.24) is 14.5 Å². The molecule has 0 unspecified atom stereocenters. The van der Waals surface area contributed by atoms with Gasteiger partial charge in [-0.2, -0.15) is 0 Å². The third kappa shape index (κ3) is 11.6. The van der Waals surface area contributed by atoms with Crippen LogP contribution in [-0.2, 0) is 25.9 Å². The molecule has 0 spiro atoms. The van der Waals surface area contributed by atoms with Crippen LogP contribution in [0.4, 0.5) is 4.39 Å². The van der Waals surface area contributed by atoms with E-state index in [2.05, 4.69) is 49.9 Å². The van der Waals surface area contributed by atoms with Crippen molar-refractivity contribution in [2.75, 3.05) is 6.54 Å². The van der Waals surface area contributed by atoms with Crippen LogP contribution in [-0.4, -0.2) is 26.8 Å². The first kappa shape index (κ1) is 44.1. The van der Waals surface area contributed by atoms with Crippen molar-refractivity contribution in [3.8, 4) is 0 Å². The number of nitrogens with zero attached hydrogens (tertiary/aromatic N) is 3. The topological polar surface area (TPSA) is 55.2 Å². The molecule has 0 saturated heterocycles. The first-order valence-corrected chi connectivity index (χ1v) is 19.0. The molecule has 274 valence electrons. The van der Waals surface area contributed by atoms with E-state index in [-0.39, 0.29) is 28.6 Å². The first-order valence-electron chi connectivity index (χ1n) is 19.0. The van der Waals surface area contributed by atoms with E-state index in [0.717, 1.165) is 29.1 Å². The zero-order valence-electron chi connectivity index (χ0n) is 33.1. The Morgan fingerprint density at radius 3 is 1.86 bits per heavy atom. The van der Waals surface area contributed by atoms with Crippen LogP contribution >= 0.6 is 0 Å². The zero-order valence-corrected chi connectivity index (χ0v) is 33.1. The number of fused-ring (bicyclic) bond motifs is 1. The Kier molecular flexibility index (Phi) is 20.1. The molecule has 2 heterocycles. The van der Waals surface area contributed by atoms with Crippen molar-refractivity contribution < 1.29 is 9.18 Å². The lowest BCUT2D eigenvalue weighted by Gasteiger charge is -2.31. The molecule has 6 heteroatoms. The molecule has 1 aliphatic heterocycles. The summed E-state index contributed by atoms with van der Waals surface area (Å²) < 4.78 is 17.1. The maximum atomic E-state index is 15.2. The summed E-state index contributed by atoms with van der Waals surface area (Å²) in [4.78, 5) is 34.2. The predicted molar refractivity (Wildman–Crippen MR) is 211 cm³/mol. The Morgan fingerprint density at radius 2 is 1.38 bits per heavy atom. The highest BCUT2D eigenvalue weighted by molar-refractivity contribution is 5.96. The van der Waals surface area contributed by atoms with Crippen LogP contribution < -0.4 is 5.56 Å². The molecule has 1 aromatic heterocycles. The van der Waals surface area contributed by atoms with E-state index in [1.807, 2.05) is 103 Å². The lowest BCUT2D eigenvalue weighted by atomic mass is 9.83. The normalized spacial score (nSPS) is 12.0. The van der Waals surface area contributed by atoms with Crippen molar-refractivity contribution in [2.45, 2.75) is 128 Å². The van der Waals surface area contributed by atoms with Gasteiger partial charge in [0.15, 0.2) is 5.78 Å². The Balaban J connectivity index is 0.00000146. The van der Waals surface area contributed by atoms with E-state index in [1.54, 1.807) is 12.1 Å². The second-order valence-electron chi connectivity index (χ2n) is 12.1. The van der Waals surface area contributed by atoms with Gasteiger partial charge in [0.05, 0.1) is 17.3 Å². The molecule has 4 aromatic rings. The second kappa shape index (κ2) is 22.7. The number of rotatable bonds is 10. The Bertz CT molecular complexity index is 1570. The smallest absolute Gasteiger partial charge is 0.259 e. The summed E-state index contributed by atoms with van der Waals surface area (Å²) in [5.41, 5.74) is 4.32. The number of carbonyl (C=O) groups excluding carboxylic acids is 1. The highest BCUT2D eigenvalue weighted by Gasteiger charge is 2.28. The zero-order chi connectivity index (χ0) is 37.9. The minimum atomic E-state index is -0.383. The molecular weight excluding hydrogens is 622 g/mol. The third-order valence-corrected chi connectivity index (χ3v) is 8.58. The lowest BCUT2D eigenvalue weighted by Crippen LogP contribution is -2.40. The van der Waals surface area contributed by atoms with Crippen LogP contribution in [0.3, 0.4) is 0 Å². The van der Waals surface area contributed by atoms with Gasteiger partial charge in [0.25, 0.3) is 5.56 Å². The molecule has 1 aliphatic rings. The minimum Gasteiger partial charge on any atom is -0.294 e. The largest absolute Gasteiger partial charge is 0.294 e. The number of ketones is 1. The molecule has 0 radical (unpaired) electrons. The van der Waals surface area contributed by atoms with E-state index < -0.39 is 0 Å². The molecule has 0 bridgehead atoms. The van der Waals surface area contributed by atoms with Crippen LogP contribution in [0, 0.1) is 11.2 Å². The standard InChI is InChI=1S/C36H40FN3O2.4C2H6/c1-5-33-38-31-19-20-39(23-28-18-17-27(21-30(28)37)32(41)22-36(3,4)6-2)24-29(31)35(42)40(33)34(25-13-9-7-10-14-25)26-15-11-8-12-16-26;4*1-2/h7-18,21,34H,5-6,19-20,22-24H2,1-4H3;4*1-2H3. The van der Waals surface area contributed by atoms with Gasteiger partial charge in [0.1, 0.15) is 11.6 Å². The Labute approximate surface area is 303 Å². The molecule has 0 saturated carbocycles. The predicted octanol–water partition coefficient (Wildman–Crippen LogP) is 11.3. The number of aromatic nitrogens is 2. The molecule has 50 heavy (non-hydrogen) atoms. The van der Waals surface area contributed by atoms with Gasteiger partial charge in [-0.1, -0.05) is 162 Å². The van der Waals surface area contributed by atoms with Crippen LogP contribution in [0.2, 0.25) is 0 Å². The van der Waals surface area contributed by atoms with Crippen LogP contribution in [0.1, 0.15) is 146 Å². The quantitative estimate of drug-likeness (QED) is 0.156. The van der Waals surface area contributed by atoms with Gasteiger partial charge in [0, 0.05) is 50.0 Å². The highest BCUT2D eigenvalue weighted by atomic mass is 19.1. The van der Waals surface area contributed by atoms with Crippen molar-refractivity contribution >= 4 is 5.78 Å². The van der Waals surface area contributed by atoms with Gasteiger partial charge in [-0.15, -0.1) is 0 Å². The maximum absolute atomic E-state index is 15.2. The number of hydrogen-bond donors (Lipinski definition) is 0. The summed E-state index contributed by atoms with van der Waals surface area (Å²) in [7, 11) is 0.